The monoisotopic (exact) mass is 362 g/mol. The van der Waals surface area contributed by atoms with Gasteiger partial charge in [0.25, 0.3) is 5.91 Å². The van der Waals surface area contributed by atoms with Crippen LogP contribution in [-0.4, -0.2) is 35.1 Å². The predicted molar refractivity (Wildman–Crippen MR) is 101 cm³/mol. The number of nitrogens with one attached hydrogen (secondary N) is 1. The zero-order chi connectivity index (χ0) is 18.8. The smallest absolute Gasteiger partial charge is 0.414 e. The lowest BCUT2D eigenvalue weighted by Gasteiger charge is -2.17. The molecule has 0 bridgehead atoms. The molecule has 1 atom stereocenters. The number of hydrogen-bond donors (Lipinski definition) is 1. The Labute approximate surface area is 156 Å². The van der Waals surface area contributed by atoms with E-state index in [1.54, 1.807) is 4.90 Å². The second kappa shape index (κ2) is 7.03. The number of hydrogen-bond acceptors (Lipinski definition) is 5. The summed E-state index contributed by atoms with van der Waals surface area (Å²) < 4.78 is 4.95. The van der Waals surface area contributed by atoms with Gasteiger partial charge in [0.05, 0.1) is 29.8 Å². The number of para-hydroxylation sites is 2. The van der Waals surface area contributed by atoms with Crippen molar-refractivity contribution in [3.05, 3.63) is 66.0 Å². The number of benzene rings is 2. The fourth-order valence-electron chi connectivity index (χ4n) is 2.99. The van der Waals surface area contributed by atoms with Gasteiger partial charge in [0.15, 0.2) is 0 Å². The molecule has 1 saturated heterocycles. The zero-order valence-electron chi connectivity index (χ0n) is 14.8. The molecule has 1 aromatic heterocycles. The van der Waals surface area contributed by atoms with E-state index in [1.807, 2.05) is 55.5 Å². The van der Waals surface area contributed by atoms with Crippen LogP contribution in [0.15, 0.2) is 54.7 Å². The Hall–Kier alpha value is -3.48. The first-order valence-electron chi connectivity index (χ1n) is 8.69. The lowest BCUT2D eigenvalue weighted by atomic mass is 10.1. The molecule has 2 heterocycles. The third-order valence-corrected chi connectivity index (χ3v) is 4.49. The van der Waals surface area contributed by atoms with Crippen LogP contribution in [0.1, 0.15) is 29.0 Å². The number of amides is 2. The first kappa shape index (κ1) is 17.0. The molecule has 7 heteroatoms. The minimum Gasteiger partial charge on any atom is -0.447 e. The number of aromatic nitrogens is 2. The molecule has 3 aromatic rings. The maximum absolute atomic E-state index is 12.5. The fraction of sp³-hybridized carbons (Fsp3) is 0.200. The summed E-state index contributed by atoms with van der Waals surface area (Å²) in [6.07, 6.45) is 1.14. The normalized spacial score (nSPS) is 14.9. The molecule has 1 aliphatic heterocycles. The number of carbonyl (C=O) groups excluding carboxylic acids is 2. The molecule has 0 spiro atoms. The molecule has 1 aliphatic rings. The van der Waals surface area contributed by atoms with Crippen LogP contribution in [0.2, 0.25) is 0 Å². The summed E-state index contributed by atoms with van der Waals surface area (Å²) in [5.41, 5.74) is 3.41. The minimum atomic E-state index is -0.334. The molecule has 0 radical (unpaired) electrons. The minimum absolute atomic E-state index is 0.217. The molecule has 27 heavy (non-hydrogen) atoms. The topological polar surface area (TPSA) is 84.4 Å². The van der Waals surface area contributed by atoms with Gasteiger partial charge in [-0.05, 0) is 36.8 Å². The van der Waals surface area contributed by atoms with Crippen molar-refractivity contribution >= 4 is 28.7 Å². The maximum atomic E-state index is 12.5. The largest absolute Gasteiger partial charge is 0.447 e. The van der Waals surface area contributed by atoms with Crippen LogP contribution in [0.25, 0.3) is 11.0 Å². The van der Waals surface area contributed by atoms with Crippen molar-refractivity contribution in [2.24, 2.45) is 0 Å². The molecule has 136 valence electrons. The Kier molecular flexibility index (Phi) is 4.42. The van der Waals surface area contributed by atoms with Gasteiger partial charge in [-0.3, -0.25) is 14.7 Å². The van der Waals surface area contributed by atoms with Crippen LogP contribution in [-0.2, 0) is 4.74 Å². The maximum Gasteiger partial charge on any atom is 0.414 e. The number of ether oxygens (including phenoxy) is 1. The van der Waals surface area contributed by atoms with E-state index in [2.05, 4.69) is 15.3 Å². The molecule has 2 amide bonds. The van der Waals surface area contributed by atoms with E-state index in [-0.39, 0.29) is 23.7 Å². The van der Waals surface area contributed by atoms with Gasteiger partial charge in [0, 0.05) is 5.69 Å². The Bertz CT molecular complexity index is 1000. The van der Waals surface area contributed by atoms with E-state index in [1.165, 1.54) is 6.20 Å². The van der Waals surface area contributed by atoms with Crippen LogP contribution in [0, 0.1) is 0 Å². The summed E-state index contributed by atoms with van der Waals surface area (Å²) in [5.74, 6) is -0.284. The summed E-state index contributed by atoms with van der Waals surface area (Å²) in [6, 6.07) is 14.7. The Morgan fingerprint density at radius 3 is 2.59 bits per heavy atom. The third kappa shape index (κ3) is 3.44. The van der Waals surface area contributed by atoms with Crippen molar-refractivity contribution in [2.75, 3.05) is 18.1 Å². The van der Waals surface area contributed by atoms with Crippen molar-refractivity contribution < 1.29 is 14.3 Å². The SMILES string of the molecule is C[C@@H](NC(=O)c1cnc2ccccc2n1)c1ccc(N2CCOC2=O)cc1. The summed E-state index contributed by atoms with van der Waals surface area (Å²) in [7, 11) is 0. The summed E-state index contributed by atoms with van der Waals surface area (Å²) in [6.45, 7) is 2.84. The van der Waals surface area contributed by atoms with Crippen molar-refractivity contribution in [3.8, 4) is 0 Å². The molecule has 7 nitrogen and oxygen atoms in total. The first-order chi connectivity index (χ1) is 13.1. The van der Waals surface area contributed by atoms with Crippen LogP contribution < -0.4 is 10.2 Å². The number of fused-ring (bicyclic) bond motifs is 1. The Morgan fingerprint density at radius 1 is 1.15 bits per heavy atom. The van der Waals surface area contributed by atoms with E-state index in [4.69, 9.17) is 4.74 Å². The van der Waals surface area contributed by atoms with Gasteiger partial charge in [0.1, 0.15) is 12.3 Å². The molecule has 1 N–H and O–H groups in total. The van der Waals surface area contributed by atoms with E-state index < -0.39 is 0 Å². The van der Waals surface area contributed by atoms with Crippen LogP contribution in [0.4, 0.5) is 10.5 Å². The number of carbonyl (C=O) groups is 2. The molecular weight excluding hydrogens is 344 g/mol. The van der Waals surface area contributed by atoms with Crippen LogP contribution in [0.3, 0.4) is 0 Å². The number of cyclic esters (lactones) is 1. The van der Waals surface area contributed by atoms with Crippen LogP contribution >= 0.6 is 0 Å². The quantitative estimate of drug-likeness (QED) is 0.771. The highest BCUT2D eigenvalue weighted by molar-refractivity contribution is 5.94. The summed E-state index contributed by atoms with van der Waals surface area (Å²) in [5, 5.41) is 2.93. The zero-order valence-corrected chi connectivity index (χ0v) is 14.8. The van der Waals surface area contributed by atoms with Gasteiger partial charge in [-0.1, -0.05) is 24.3 Å². The molecule has 1 fully saturated rings. The van der Waals surface area contributed by atoms with Gasteiger partial charge in [-0.25, -0.2) is 9.78 Å². The van der Waals surface area contributed by atoms with Crippen molar-refractivity contribution in [1.29, 1.82) is 0 Å². The van der Waals surface area contributed by atoms with Gasteiger partial charge in [-0.15, -0.1) is 0 Å². The highest BCUT2D eigenvalue weighted by atomic mass is 16.6. The lowest BCUT2D eigenvalue weighted by molar-refractivity contribution is 0.0935. The average Bonchev–Trinajstić information content (AvgIpc) is 3.13. The molecule has 0 unspecified atom stereocenters. The standard InChI is InChI=1S/C20H18N4O3/c1-13(14-6-8-15(9-7-14)24-10-11-27-20(24)26)22-19(25)18-12-21-16-4-2-3-5-17(16)23-18/h2-9,12-13H,10-11H2,1H3,(H,22,25)/t13-/m1/s1. The van der Waals surface area contributed by atoms with E-state index in [0.29, 0.717) is 18.7 Å². The fourth-order valence-corrected chi connectivity index (χ4v) is 2.99. The van der Waals surface area contributed by atoms with Crippen molar-refractivity contribution in [3.63, 3.8) is 0 Å². The van der Waals surface area contributed by atoms with Gasteiger partial charge in [-0.2, -0.15) is 0 Å². The van der Waals surface area contributed by atoms with Gasteiger partial charge < -0.3 is 10.1 Å². The Morgan fingerprint density at radius 2 is 1.89 bits per heavy atom. The molecular formula is C20H18N4O3. The highest BCUT2D eigenvalue weighted by Gasteiger charge is 2.23. The van der Waals surface area contributed by atoms with Crippen LogP contribution in [0.5, 0.6) is 0 Å². The lowest BCUT2D eigenvalue weighted by Crippen LogP contribution is -2.28. The molecule has 2 aromatic carbocycles. The summed E-state index contributed by atoms with van der Waals surface area (Å²) in [4.78, 5) is 34.3. The first-order valence-corrected chi connectivity index (χ1v) is 8.69. The second-order valence-corrected chi connectivity index (χ2v) is 6.30. The number of nitrogens with zero attached hydrogens (tertiary/aromatic N) is 3. The molecule has 0 aliphatic carbocycles. The highest BCUT2D eigenvalue weighted by Crippen LogP contribution is 2.22. The van der Waals surface area contributed by atoms with Crippen molar-refractivity contribution in [2.45, 2.75) is 13.0 Å². The Balaban J connectivity index is 1.46. The third-order valence-electron chi connectivity index (χ3n) is 4.49. The van der Waals surface area contributed by atoms with Gasteiger partial charge in [0.2, 0.25) is 0 Å². The van der Waals surface area contributed by atoms with Gasteiger partial charge >= 0.3 is 6.09 Å². The molecule has 0 saturated carbocycles. The number of anilines is 1. The van der Waals surface area contributed by atoms with E-state index >= 15 is 0 Å². The predicted octanol–water partition coefficient (Wildman–Crippen LogP) is 3.08. The summed E-state index contributed by atoms with van der Waals surface area (Å²) >= 11 is 0. The van der Waals surface area contributed by atoms with Crippen molar-refractivity contribution in [1.82, 2.24) is 15.3 Å². The average molecular weight is 362 g/mol. The van der Waals surface area contributed by atoms with E-state index in [0.717, 1.165) is 16.8 Å². The molecule has 4 rings (SSSR count). The number of rotatable bonds is 4. The second-order valence-electron chi connectivity index (χ2n) is 6.30. The van der Waals surface area contributed by atoms with E-state index in [9.17, 15) is 9.59 Å².